The van der Waals surface area contributed by atoms with E-state index >= 15 is 0 Å². The number of aromatic nitrogens is 2. The second-order valence-corrected chi connectivity index (χ2v) is 4.77. The molecule has 2 rings (SSSR count). The SMILES string of the molecule is C[C@@H](N)c1c(F)cccc1N(C)Cc1nccn1C. The molecule has 2 N–H and O–H groups in total. The zero-order valence-electron chi connectivity index (χ0n) is 11.5. The lowest BCUT2D eigenvalue weighted by Crippen LogP contribution is -2.22. The van der Waals surface area contributed by atoms with Crippen LogP contribution >= 0.6 is 0 Å². The van der Waals surface area contributed by atoms with Crippen LogP contribution in [0.25, 0.3) is 0 Å². The third-order valence-electron chi connectivity index (χ3n) is 3.20. The average Bonchev–Trinajstić information content (AvgIpc) is 2.74. The molecule has 0 radical (unpaired) electrons. The fourth-order valence-corrected chi connectivity index (χ4v) is 2.16. The second-order valence-electron chi connectivity index (χ2n) is 4.77. The van der Waals surface area contributed by atoms with E-state index in [1.54, 1.807) is 19.2 Å². The summed E-state index contributed by atoms with van der Waals surface area (Å²) < 4.78 is 15.8. The van der Waals surface area contributed by atoms with Crippen LogP contribution in [0.5, 0.6) is 0 Å². The van der Waals surface area contributed by atoms with Crippen LogP contribution in [0.15, 0.2) is 30.6 Å². The molecule has 0 aliphatic rings. The number of rotatable bonds is 4. The highest BCUT2D eigenvalue weighted by molar-refractivity contribution is 5.55. The lowest BCUT2D eigenvalue weighted by Gasteiger charge is -2.24. The molecule has 0 bridgehead atoms. The standard InChI is InChI=1S/C14H19FN4/c1-10(16)14-11(15)5-4-6-12(14)19(3)9-13-17-7-8-18(13)2/h4-8,10H,9,16H2,1-3H3/t10-/m1/s1. The molecule has 1 aromatic heterocycles. The van der Waals surface area contributed by atoms with E-state index in [2.05, 4.69) is 4.98 Å². The van der Waals surface area contributed by atoms with Gasteiger partial charge in [-0.15, -0.1) is 0 Å². The first-order chi connectivity index (χ1) is 9.00. The van der Waals surface area contributed by atoms with Gasteiger partial charge in [0, 0.05) is 43.8 Å². The molecule has 1 aromatic carbocycles. The molecule has 0 saturated heterocycles. The Morgan fingerprint density at radius 2 is 2.21 bits per heavy atom. The Morgan fingerprint density at radius 3 is 2.79 bits per heavy atom. The molecule has 19 heavy (non-hydrogen) atoms. The average molecular weight is 262 g/mol. The van der Waals surface area contributed by atoms with Crippen molar-refractivity contribution in [1.82, 2.24) is 9.55 Å². The molecule has 0 aliphatic heterocycles. The van der Waals surface area contributed by atoms with Gasteiger partial charge in [-0.25, -0.2) is 9.37 Å². The summed E-state index contributed by atoms with van der Waals surface area (Å²) in [5.74, 6) is 0.654. The minimum atomic E-state index is -0.347. The van der Waals surface area contributed by atoms with E-state index in [1.807, 2.05) is 35.8 Å². The van der Waals surface area contributed by atoms with Crippen LogP contribution in [0, 0.1) is 5.82 Å². The van der Waals surface area contributed by atoms with E-state index in [0.29, 0.717) is 12.1 Å². The summed E-state index contributed by atoms with van der Waals surface area (Å²) in [4.78, 5) is 6.24. The first kappa shape index (κ1) is 13.5. The van der Waals surface area contributed by atoms with E-state index < -0.39 is 0 Å². The molecule has 0 spiro atoms. The monoisotopic (exact) mass is 262 g/mol. The van der Waals surface area contributed by atoms with Crippen molar-refractivity contribution in [3.63, 3.8) is 0 Å². The predicted octanol–water partition coefficient (Wildman–Crippen LogP) is 2.22. The van der Waals surface area contributed by atoms with Crippen LogP contribution < -0.4 is 10.6 Å². The van der Waals surface area contributed by atoms with Gasteiger partial charge in [0.1, 0.15) is 11.6 Å². The van der Waals surface area contributed by atoms with Crippen LogP contribution in [0.3, 0.4) is 0 Å². The topological polar surface area (TPSA) is 47.1 Å². The first-order valence-electron chi connectivity index (χ1n) is 6.22. The quantitative estimate of drug-likeness (QED) is 0.919. The predicted molar refractivity (Wildman–Crippen MR) is 74.3 cm³/mol. The van der Waals surface area contributed by atoms with Crippen molar-refractivity contribution in [3.05, 3.63) is 47.8 Å². The first-order valence-corrected chi connectivity index (χ1v) is 6.22. The van der Waals surface area contributed by atoms with Crippen molar-refractivity contribution in [2.45, 2.75) is 19.5 Å². The highest BCUT2D eigenvalue weighted by atomic mass is 19.1. The highest BCUT2D eigenvalue weighted by Crippen LogP contribution is 2.27. The number of imidazole rings is 1. The van der Waals surface area contributed by atoms with Crippen molar-refractivity contribution in [3.8, 4) is 0 Å². The fourth-order valence-electron chi connectivity index (χ4n) is 2.16. The number of hydrogen-bond donors (Lipinski definition) is 1. The van der Waals surface area contributed by atoms with Gasteiger partial charge < -0.3 is 15.2 Å². The van der Waals surface area contributed by atoms with Gasteiger partial charge in [0.05, 0.1) is 6.54 Å². The van der Waals surface area contributed by atoms with E-state index in [9.17, 15) is 4.39 Å². The maximum atomic E-state index is 13.9. The van der Waals surface area contributed by atoms with E-state index in [1.165, 1.54) is 6.07 Å². The molecule has 4 nitrogen and oxygen atoms in total. The van der Waals surface area contributed by atoms with Crippen LogP contribution in [0.2, 0.25) is 0 Å². The Bertz CT molecular complexity index is 562. The molecular formula is C14H19FN4. The largest absolute Gasteiger partial charge is 0.367 e. The Hall–Kier alpha value is -1.88. The Morgan fingerprint density at radius 1 is 1.47 bits per heavy atom. The molecule has 0 amide bonds. The van der Waals surface area contributed by atoms with Crippen molar-refractivity contribution in [2.75, 3.05) is 11.9 Å². The Balaban J connectivity index is 2.31. The molecule has 0 saturated carbocycles. The summed E-state index contributed by atoms with van der Waals surface area (Å²) in [7, 11) is 3.85. The van der Waals surface area contributed by atoms with Gasteiger partial charge in [-0.1, -0.05) is 6.07 Å². The second kappa shape index (κ2) is 5.40. The zero-order chi connectivity index (χ0) is 14.0. The van der Waals surface area contributed by atoms with Crippen molar-refractivity contribution in [1.29, 1.82) is 0 Å². The van der Waals surface area contributed by atoms with Gasteiger partial charge in [-0.2, -0.15) is 0 Å². The van der Waals surface area contributed by atoms with Gasteiger partial charge in [0.2, 0.25) is 0 Å². The number of aryl methyl sites for hydroxylation is 1. The minimum absolute atomic E-state index is 0.265. The number of anilines is 1. The molecule has 1 atom stereocenters. The van der Waals surface area contributed by atoms with Gasteiger partial charge in [-0.3, -0.25) is 0 Å². The smallest absolute Gasteiger partial charge is 0.130 e. The van der Waals surface area contributed by atoms with E-state index in [-0.39, 0.29) is 11.9 Å². The molecule has 0 fully saturated rings. The highest BCUT2D eigenvalue weighted by Gasteiger charge is 2.16. The van der Waals surface area contributed by atoms with Crippen molar-refractivity contribution < 1.29 is 4.39 Å². The van der Waals surface area contributed by atoms with Crippen LogP contribution in [0.4, 0.5) is 10.1 Å². The minimum Gasteiger partial charge on any atom is -0.367 e. The van der Waals surface area contributed by atoms with Gasteiger partial charge in [0.25, 0.3) is 0 Å². The number of benzene rings is 1. The summed E-state index contributed by atoms with van der Waals surface area (Å²) in [5.41, 5.74) is 7.21. The lowest BCUT2D eigenvalue weighted by molar-refractivity contribution is 0.592. The molecule has 2 aromatic rings. The maximum absolute atomic E-state index is 13.9. The van der Waals surface area contributed by atoms with E-state index in [0.717, 1.165) is 11.5 Å². The number of halogens is 1. The zero-order valence-corrected chi connectivity index (χ0v) is 11.5. The molecule has 1 heterocycles. The number of nitrogens with two attached hydrogens (primary N) is 1. The molecule has 0 unspecified atom stereocenters. The van der Waals surface area contributed by atoms with Gasteiger partial charge >= 0.3 is 0 Å². The Kier molecular flexibility index (Phi) is 3.85. The van der Waals surface area contributed by atoms with Gasteiger partial charge in [-0.05, 0) is 19.1 Å². The summed E-state index contributed by atoms with van der Waals surface area (Å²) in [6.07, 6.45) is 3.64. The summed E-state index contributed by atoms with van der Waals surface area (Å²) >= 11 is 0. The summed E-state index contributed by atoms with van der Waals surface area (Å²) in [6, 6.07) is 4.67. The van der Waals surface area contributed by atoms with Crippen molar-refractivity contribution >= 4 is 5.69 Å². The fraction of sp³-hybridized carbons (Fsp3) is 0.357. The van der Waals surface area contributed by atoms with Crippen LogP contribution in [-0.2, 0) is 13.6 Å². The number of hydrogen-bond acceptors (Lipinski definition) is 3. The van der Waals surface area contributed by atoms with E-state index in [4.69, 9.17) is 5.73 Å². The maximum Gasteiger partial charge on any atom is 0.130 e. The summed E-state index contributed by atoms with van der Waals surface area (Å²) in [5, 5.41) is 0. The van der Waals surface area contributed by atoms with Crippen molar-refractivity contribution in [2.24, 2.45) is 12.8 Å². The third kappa shape index (κ3) is 2.76. The Labute approximate surface area is 112 Å². The summed E-state index contributed by atoms with van der Waals surface area (Å²) in [6.45, 7) is 2.39. The molecule has 5 heteroatoms. The van der Waals surface area contributed by atoms with Crippen LogP contribution in [-0.4, -0.2) is 16.6 Å². The number of nitrogens with zero attached hydrogens (tertiary/aromatic N) is 3. The molecule has 0 aliphatic carbocycles. The molecular weight excluding hydrogens is 243 g/mol. The van der Waals surface area contributed by atoms with Gasteiger partial charge in [0.15, 0.2) is 0 Å². The normalized spacial score (nSPS) is 12.5. The lowest BCUT2D eigenvalue weighted by atomic mass is 10.1. The van der Waals surface area contributed by atoms with Crippen LogP contribution in [0.1, 0.15) is 24.4 Å². The third-order valence-corrected chi connectivity index (χ3v) is 3.20. The molecule has 102 valence electrons.